The third-order valence-corrected chi connectivity index (χ3v) is 6.78. The highest BCUT2D eigenvalue weighted by Crippen LogP contribution is 2.33. The van der Waals surface area contributed by atoms with Crippen LogP contribution in [0.15, 0.2) is 79.8 Å². The molecule has 6 nitrogen and oxygen atoms in total. The first-order valence-electron chi connectivity index (χ1n) is 8.47. The van der Waals surface area contributed by atoms with Crippen LogP contribution < -0.4 is 14.7 Å². The van der Waals surface area contributed by atoms with Gasteiger partial charge in [-0.1, -0.05) is 18.2 Å². The molecule has 0 radical (unpaired) electrons. The van der Waals surface area contributed by atoms with Gasteiger partial charge in [-0.25, -0.2) is 13.2 Å². The van der Waals surface area contributed by atoms with Crippen molar-refractivity contribution in [2.24, 2.45) is 0 Å². The second-order valence-electron chi connectivity index (χ2n) is 5.80. The minimum absolute atomic E-state index is 0.0654. The van der Waals surface area contributed by atoms with Crippen LogP contribution in [0.2, 0.25) is 0 Å². The number of hydrogen-bond acceptors (Lipinski definition) is 5. The molecule has 1 heterocycles. The van der Waals surface area contributed by atoms with E-state index >= 15 is 0 Å². The Kier molecular flexibility index (Phi) is 5.90. The van der Waals surface area contributed by atoms with Gasteiger partial charge in [-0.3, -0.25) is 4.31 Å². The lowest BCUT2D eigenvalue weighted by molar-refractivity contribution is 0.341. The zero-order chi connectivity index (χ0) is 20.3. The molecule has 8 heteroatoms. The third-order valence-electron chi connectivity index (χ3n) is 3.98. The fourth-order valence-corrected chi connectivity index (χ4v) is 5.18. The maximum Gasteiger partial charge on any atom is 0.339 e. The number of halogens is 1. The van der Waals surface area contributed by atoms with Gasteiger partial charge in [0, 0.05) is 4.47 Å². The summed E-state index contributed by atoms with van der Waals surface area (Å²) < 4.78 is 39.0. The molecule has 0 aliphatic heterocycles. The Hall–Kier alpha value is -2.58. The molecule has 0 saturated heterocycles. The molecule has 1 aromatic heterocycles. The second kappa shape index (κ2) is 8.20. The average Bonchev–Trinajstić information content (AvgIpc) is 2.66. The van der Waals surface area contributed by atoms with Gasteiger partial charge >= 0.3 is 5.63 Å². The van der Waals surface area contributed by atoms with Crippen molar-refractivity contribution in [2.45, 2.75) is 11.8 Å². The zero-order valence-electron chi connectivity index (χ0n) is 15.1. The Morgan fingerprint density at radius 2 is 1.96 bits per heavy atom. The first kappa shape index (κ1) is 20.2. The summed E-state index contributed by atoms with van der Waals surface area (Å²) in [5.74, 6) is 0.340. The maximum atomic E-state index is 13.3. The number of fused-ring (bicyclic) bond motifs is 1. The summed E-state index contributed by atoms with van der Waals surface area (Å²) in [6.45, 7) is 5.89. The first-order valence-corrected chi connectivity index (χ1v) is 10.7. The Morgan fingerprint density at radius 1 is 1.21 bits per heavy atom. The fourth-order valence-electron chi connectivity index (χ4n) is 2.78. The average molecular weight is 464 g/mol. The molecule has 0 unspecified atom stereocenters. The number of anilines is 1. The third kappa shape index (κ3) is 3.83. The van der Waals surface area contributed by atoms with Crippen LogP contribution in [0.25, 0.3) is 11.0 Å². The van der Waals surface area contributed by atoms with Gasteiger partial charge in [0.25, 0.3) is 10.0 Å². The van der Waals surface area contributed by atoms with Gasteiger partial charge in [-0.15, -0.1) is 6.58 Å². The summed E-state index contributed by atoms with van der Waals surface area (Å²) in [5, 5.41) is 0.510. The number of benzene rings is 2. The predicted molar refractivity (Wildman–Crippen MR) is 113 cm³/mol. The summed E-state index contributed by atoms with van der Waals surface area (Å²) in [7, 11) is -3.87. The molecule has 0 spiro atoms. The van der Waals surface area contributed by atoms with E-state index in [0.717, 1.165) is 0 Å². The van der Waals surface area contributed by atoms with Crippen molar-refractivity contribution in [3.8, 4) is 5.75 Å². The topological polar surface area (TPSA) is 76.8 Å². The number of ether oxygens (including phenoxy) is 1. The van der Waals surface area contributed by atoms with Crippen LogP contribution in [-0.4, -0.2) is 21.6 Å². The molecule has 0 fully saturated rings. The van der Waals surface area contributed by atoms with Crippen LogP contribution in [0.1, 0.15) is 6.92 Å². The van der Waals surface area contributed by atoms with Crippen molar-refractivity contribution in [3.05, 3.63) is 76.1 Å². The molecule has 3 aromatic rings. The van der Waals surface area contributed by atoms with Gasteiger partial charge in [-0.2, -0.15) is 0 Å². The standard InChI is InChI=1S/C20H18BrNO5S/c1-3-11-22(28(24,25)19-8-6-5-7-16(19)21)14-9-10-17-15(12-14)18(26-4-2)13-20(23)27-17/h3,5-10,12-13H,1,4,11H2,2H3. The smallest absolute Gasteiger partial charge is 0.339 e. The van der Waals surface area contributed by atoms with Crippen molar-refractivity contribution in [2.75, 3.05) is 17.5 Å². The molecule has 2 aromatic carbocycles. The minimum Gasteiger partial charge on any atom is -0.493 e. The molecule has 0 aliphatic carbocycles. The number of rotatable bonds is 7. The molecule has 0 atom stereocenters. The lowest BCUT2D eigenvalue weighted by Gasteiger charge is -2.24. The first-order chi connectivity index (χ1) is 13.4. The molecule has 0 saturated carbocycles. The summed E-state index contributed by atoms with van der Waals surface area (Å²) in [6.07, 6.45) is 1.51. The number of sulfonamides is 1. The van der Waals surface area contributed by atoms with Gasteiger partial charge in [0.15, 0.2) is 0 Å². The quantitative estimate of drug-likeness (QED) is 0.384. The summed E-state index contributed by atoms with van der Waals surface area (Å²) in [6, 6.07) is 12.6. The summed E-state index contributed by atoms with van der Waals surface area (Å²) >= 11 is 3.30. The van der Waals surface area contributed by atoms with Crippen molar-refractivity contribution < 1.29 is 17.6 Å². The van der Waals surface area contributed by atoms with E-state index < -0.39 is 15.6 Å². The summed E-state index contributed by atoms with van der Waals surface area (Å²) in [4.78, 5) is 11.9. The molecular weight excluding hydrogens is 446 g/mol. The normalized spacial score (nSPS) is 11.4. The van der Waals surface area contributed by atoms with Crippen LogP contribution in [-0.2, 0) is 10.0 Å². The second-order valence-corrected chi connectivity index (χ2v) is 8.48. The maximum absolute atomic E-state index is 13.3. The zero-order valence-corrected chi connectivity index (χ0v) is 17.5. The van der Waals surface area contributed by atoms with Gasteiger partial charge in [0.1, 0.15) is 16.2 Å². The minimum atomic E-state index is -3.87. The molecule has 0 amide bonds. The largest absolute Gasteiger partial charge is 0.493 e. The van der Waals surface area contributed by atoms with Crippen molar-refractivity contribution in [3.63, 3.8) is 0 Å². The van der Waals surface area contributed by atoms with E-state index in [4.69, 9.17) is 9.15 Å². The lowest BCUT2D eigenvalue weighted by Crippen LogP contribution is -2.31. The molecule has 0 aliphatic rings. The Labute approximate surface area is 171 Å². The van der Waals surface area contributed by atoms with Gasteiger partial charge < -0.3 is 9.15 Å². The predicted octanol–water partition coefficient (Wildman–Crippen LogP) is 4.34. The fraction of sp³-hybridized carbons (Fsp3) is 0.150. The highest BCUT2D eigenvalue weighted by Gasteiger charge is 2.26. The number of nitrogens with zero attached hydrogens (tertiary/aromatic N) is 1. The molecule has 0 bridgehead atoms. The molecule has 146 valence electrons. The van der Waals surface area contributed by atoms with Crippen LogP contribution in [0, 0.1) is 0 Å². The lowest BCUT2D eigenvalue weighted by atomic mass is 10.2. The van der Waals surface area contributed by atoms with Gasteiger partial charge in [0.2, 0.25) is 0 Å². The monoisotopic (exact) mass is 463 g/mol. The Morgan fingerprint density at radius 3 is 2.64 bits per heavy atom. The Balaban J connectivity index is 2.20. The van der Waals surface area contributed by atoms with E-state index in [1.54, 1.807) is 43.3 Å². The van der Waals surface area contributed by atoms with E-state index in [1.165, 1.54) is 22.5 Å². The van der Waals surface area contributed by atoms with Crippen molar-refractivity contribution >= 4 is 42.6 Å². The van der Waals surface area contributed by atoms with Crippen LogP contribution >= 0.6 is 15.9 Å². The van der Waals surface area contributed by atoms with E-state index in [-0.39, 0.29) is 11.4 Å². The van der Waals surface area contributed by atoms with Crippen LogP contribution in [0.4, 0.5) is 5.69 Å². The highest BCUT2D eigenvalue weighted by molar-refractivity contribution is 9.10. The van der Waals surface area contributed by atoms with E-state index in [1.807, 2.05) is 0 Å². The SMILES string of the molecule is C=CCN(c1ccc2oc(=O)cc(OCC)c2c1)S(=O)(=O)c1ccccc1Br. The van der Waals surface area contributed by atoms with Crippen LogP contribution in [0.3, 0.4) is 0 Å². The molecule has 3 rings (SSSR count). The highest BCUT2D eigenvalue weighted by atomic mass is 79.9. The van der Waals surface area contributed by atoms with E-state index in [9.17, 15) is 13.2 Å². The van der Waals surface area contributed by atoms with Gasteiger partial charge in [0.05, 0.1) is 30.3 Å². The van der Waals surface area contributed by atoms with Gasteiger partial charge in [-0.05, 0) is 53.2 Å². The molecule has 0 N–H and O–H groups in total. The summed E-state index contributed by atoms with van der Waals surface area (Å²) in [5.41, 5.74) is 0.182. The Bertz CT molecular complexity index is 1190. The van der Waals surface area contributed by atoms with Crippen molar-refractivity contribution in [1.82, 2.24) is 0 Å². The molecular formula is C20H18BrNO5S. The van der Waals surface area contributed by atoms with E-state index in [2.05, 4.69) is 22.5 Å². The number of hydrogen-bond donors (Lipinski definition) is 0. The molecule has 28 heavy (non-hydrogen) atoms. The van der Waals surface area contributed by atoms with Crippen molar-refractivity contribution in [1.29, 1.82) is 0 Å². The van der Waals surface area contributed by atoms with Crippen LogP contribution in [0.5, 0.6) is 5.75 Å². The van der Waals surface area contributed by atoms with E-state index in [0.29, 0.717) is 33.5 Å².